The van der Waals surface area contributed by atoms with Gasteiger partial charge in [-0.25, -0.2) is 4.79 Å². The van der Waals surface area contributed by atoms with Crippen LogP contribution in [0.2, 0.25) is 0 Å². The Hall–Kier alpha value is -2.04. The van der Waals surface area contributed by atoms with E-state index in [9.17, 15) is 9.59 Å². The summed E-state index contributed by atoms with van der Waals surface area (Å²) in [5, 5.41) is 8.51. The number of hydrogen-bond acceptors (Lipinski definition) is 2. The molecule has 0 aromatic heterocycles. The van der Waals surface area contributed by atoms with Crippen molar-refractivity contribution in [2.45, 2.75) is 38.1 Å². The molecule has 0 spiro atoms. The molecule has 3 amide bonds. The molecule has 5 heteroatoms. The zero-order chi connectivity index (χ0) is 13.9. The highest BCUT2D eigenvalue weighted by Gasteiger charge is 2.19. The molecule has 1 saturated heterocycles. The summed E-state index contributed by atoms with van der Waals surface area (Å²) in [6.07, 6.45) is 4.62. The van der Waals surface area contributed by atoms with E-state index in [0.29, 0.717) is 19.4 Å². The largest absolute Gasteiger partial charge is 0.354 e. The number of carbonyl (C=O) groups is 2. The van der Waals surface area contributed by atoms with Crippen LogP contribution in [0.5, 0.6) is 0 Å². The molecule has 2 aliphatic rings. The first-order valence-electron chi connectivity index (χ1n) is 7.17. The van der Waals surface area contributed by atoms with Gasteiger partial charge in [-0.05, 0) is 48.9 Å². The smallest absolute Gasteiger partial charge is 0.319 e. The lowest BCUT2D eigenvalue weighted by Crippen LogP contribution is -2.48. The lowest BCUT2D eigenvalue weighted by molar-refractivity contribution is -0.122. The number of rotatable bonds is 2. The number of amides is 3. The summed E-state index contributed by atoms with van der Waals surface area (Å²) in [4.78, 5) is 23.0. The van der Waals surface area contributed by atoms with Crippen molar-refractivity contribution >= 4 is 17.6 Å². The van der Waals surface area contributed by atoms with Crippen molar-refractivity contribution in [2.75, 3.05) is 11.9 Å². The molecule has 0 radical (unpaired) electrons. The van der Waals surface area contributed by atoms with Crippen LogP contribution >= 0.6 is 0 Å². The Kier molecular flexibility index (Phi) is 3.58. The Labute approximate surface area is 118 Å². The molecule has 5 nitrogen and oxygen atoms in total. The van der Waals surface area contributed by atoms with Crippen molar-refractivity contribution in [1.29, 1.82) is 0 Å². The minimum atomic E-state index is -0.205. The maximum Gasteiger partial charge on any atom is 0.319 e. The lowest BCUT2D eigenvalue weighted by atomic mass is 10.1. The average molecular weight is 273 g/mol. The van der Waals surface area contributed by atoms with E-state index in [1.165, 1.54) is 17.5 Å². The van der Waals surface area contributed by atoms with Gasteiger partial charge in [-0.15, -0.1) is 0 Å². The van der Waals surface area contributed by atoms with Crippen molar-refractivity contribution in [1.82, 2.24) is 10.6 Å². The number of nitrogens with one attached hydrogen (secondary N) is 3. The van der Waals surface area contributed by atoms with Crippen LogP contribution in [0.1, 0.15) is 30.4 Å². The van der Waals surface area contributed by atoms with Crippen LogP contribution in [0, 0.1) is 0 Å². The summed E-state index contributed by atoms with van der Waals surface area (Å²) in [6.45, 7) is 0.510. The van der Waals surface area contributed by atoms with Crippen LogP contribution in [0.3, 0.4) is 0 Å². The Bertz CT molecular complexity index is 532. The Balaban J connectivity index is 1.55. The number of fused-ring (bicyclic) bond motifs is 1. The van der Waals surface area contributed by atoms with Gasteiger partial charge < -0.3 is 16.0 Å². The van der Waals surface area contributed by atoms with E-state index < -0.39 is 0 Å². The number of aryl methyl sites for hydroxylation is 2. The molecule has 1 fully saturated rings. The second kappa shape index (κ2) is 5.53. The first-order valence-corrected chi connectivity index (χ1v) is 7.17. The molecule has 1 atom stereocenters. The summed E-state index contributed by atoms with van der Waals surface area (Å²) < 4.78 is 0. The molecule has 1 aliphatic heterocycles. The van der Waals surface area contributed by atoms with E-state index in [2.05, 4.69) is 28.1 Å². The second-order valence-electron chi connectivity index (χ2n) is 5.48. The van der Waals surface area contributed by atoms with Crippen LogP contribution in [0.4, 0.5) is 10.5 Å². The fourth-order valence-electron chi connectivity index (χ4n) is 2.86. The van der Waals surface area contributed by atoms with Crippen molar-refractivity contribution in [3.8, 4) is 0 Å². The molecule has 20 heavy (non-hydrogen) atoms. The van der Waals surface area contributed by atoms with E-state index >= 15 is 0 Å². The zero-order valence-electron chi connectivity index (χ0n) is 11.4. The normalized spacial score (nSPS) is 21.0. The molecule has 1 heterocycles. The molecule has 1 aliphatic carbocycles. The van der Waals surface area contributed by atoms with Gasteiger partial charge in [0.2, 0.25) is 5.91 Å². The number of hydrogen-bond donors (Lipinski definition) is 3. The van der Waals surface area contributed by atoms with Crippen LogP contribution < -0.4 is 16.0 Å². The minimum Gasteiger partial charge on any atom is -0.354 e. The van der Waals surface area contributed by atoms with E-state index in [4.69, 9.17) is 0 Å². The molecule has 1 unspecified atom stereocenters. The number of benzene rings is 1. The van der Waals surface area contributed by atoms with Gasteiger partial charge in [0.1, 0.15) is 0 Å². The molecule has 0 saturated carbocycles. The predicted octanol–water partition coefficient (Wildman–Crippen LogP) is 1.58. The van der Waals surface area contributed by atoms with E-state index in [1.54, 1.807) is 0 Å². The highest BCUT2D eigenvalue weighted by Crippen LogP contribution is 2.24. The number of urea groups is 1. The van der Waals surface area contributed by atoms with E-state index in [1.807, 2.05) is 6.07 Å². The summed E-state index contributed by atoms with van der Waals surface area (Å²) in [6, 6.07) is 5.92. The van der Waals surface area contributed by atoms with E-state index in [0.717, 1.165) is 18.5 Å². The number of piperidine rings is 1. The monoisotopic (exact) mass is 273 g/mol. The summed E-state index contributed by atoms with van der Waals surface area (Å²) in [5.74, 6) is 0.0575. The maximum atomic E-state index is 11.9. The van der Waals surface area contributed by atoms with Crippen LogP contribution in [-0.2, 0) is 17.6 Å². The Morgan fingerprint density at radius 2 is 2.05 bits per heavy atom. The fraction of sp³-hybridized carbons (Fsp3) is 0.467. The maximum absolute atomic E-state index is 11.9. The van der Waals surface area contributed by atoms with Crippen molar-refractivity contribution in [3.63, 3.8) is 0 Å². The average Bonchev–Trinajstić information content (AvgIpc) is 2.89. The Morgan fingerprint density at radius 3 is 2.85 bits per heavy atom. The first-order chi connectivity index (χ1) is 9.70. The van der Waals surface area contributed by atoms with Gasteiger partial charge in [0, 0.05) is 24.7 Å². The summed E-state index contributed by atoms with van der Waals surface area (Å²) >= 11 is 0. The lowest BCUT2D eigenvalue weighted by Gasteiger charge is -2.23. The third-order valence-electron chi connectivity index (χ3n) is 3.96. The second-order valence-corrected chi connectivity index (χ2v) is 5.48. The minimum absolute atomic E-state index is 0.0159. The van der Waals surface area contributed by atoms with Gasteiger partial charge in [-0.1, -0.05) is 6.07 Å². The molecule has 1 aromatic carbocycles. The third-order valence-corrected chi connectivity index (χ3v) is 3.96. The Morgan fingerprint density at radius 1 is 1.20 bits per heavy atom. The fourth-order valence-corrected chi connectivity index (χ4v) is 2.86. The predicted molar refractivity (Wildman–Crippen MR) is 76.7 cm³/mol. The standard InChI is InChI=1S/C15H19N3O2/c19-14-7-6-13(9-16-14)18-15(20)17-12-5-4-10-2-1-3-11(10)8-12/h4-5,8,13H,1-3,6-7,9H2,(H,16,19)(H2,17,18,20). The molecule has 3 rings (SSSR count). The number of anilines is 1. The summed E-state index contributed by atoms with van der Waals surface area (Å²) in [5.41, 5.74) is 3.57. The molecule has 3 N–H and O–H groups in total. The van der Waals surface area contributed by atoms with Gasteiger partial charge in [-0.2, -0.15) is 0 Å². The van der Waals surface area contributed by atoms with Crippen LogP contribution in [-0.4, -0.2) is 24.5 Å². The van der Waals surface area contributed by atoms with Crippen molar-refractivity contribution < 1.29 is 9.59 Å². The van der Waals surface area contributed by atoms with Gasteiger partial charge in [0.25, 0.3) is 0 Å². The third kappa shape index (κ3) is 2.92. The molecule has 0 bridgehead atoms. The summed E-state index contributed by atoms with van der Waals surface area (Å²) in [7, 11) is 0. The van der Waals surface area contributed by atoms with Gasteiger partial charge in [0.05, 0.1) is 0 Å². The highest BCUT2D eigenvalue weighted by molar-refractivity contribution is 5.89. The quantitative estimate of drug-likeness (QED) is 0.765. The van der Waals surface area contributed by atoms with Crippen molar-refractivity contribution in [3.05, 3.63) is 29.3 Å². The topological polar surface area (TPSA) is 70.2 Å². The van der Waals surface area contributed by atoms with E-state index in [-0.39, 0.29) is 18.0 Å². The molecule has 1 aromatic rings. The molecule has 106 valence electrons. The molecular weight excluding hydrogens is 254 g/mol. The van der Waals surface area contributed by atoms with Gasteiger partial charge in [-0.3, -0.25) is 4.79 Å². The van der Waals surface area contributed by atoms with Crippen molar-refractivity contribution in [2.24, 2.45) is 0 Å². The highest BCUT2D eigenvalue weighted by atomic mass is 16.2. The van der Waals surface area contributed by atoms with Gasteiger partial charge in [0.15, 0.2) is 0 Å². The van der Waals surface area contributed by atoms with Crippen LogP contribution in [0.15, 0.2) is 18.2 Å². The SMILES string of the molecule is O=C1CCC(NC(=O)Nc2ccc3c(c2)CCC3)CN1. The number of carbonyl (C=O) groups excluding carboxylic acids is 2. The first kappa shape index (κ1) is 13.0. The molecular formula is C15H19N3O2. The zero-order valence-corrected chi connectivity index (χ0v) is 11.4. The van der Waals surface area contributed by atoms with Crippen LogP contribution in [0.25, 0.3) is 0 Å². The van der Waals surface area contributed by atoms with Gasteiger partial charge >= 0.3 is 6.03 Å².